The minimum Gasteiger partial charge on any atom is -0.490 e. The molecule has 3 rings (SSSR count). The molecule has 2 aliphatic rings. The molecular weight excluding hydrogens is 284 g/mol. The molecule has 1 aromatic rings. The van der Waals surface area contributed by atoms with Gasteiger partial charge in [0.1, 0.15) is 12.4 Å². The zero-order valence-corrected chi connectivity index (χ0v) is 10.9. The number of carbonyl (C=O) groups excluding carboxylic acids is 1. The van der Waals surface area contributed by atoms with Gasteiger partial charge < -0.3 is 10.1 Å². The topological polar surface area (TPSA) is 41.6 Å². The monoisotopic (exact) mass is 296 g/mol. The van der Waals surface area contributed by atoms with Crippen LogP contribution in [0.3, 0.4) is 0 Å². The van der Waals surface area contributed by atoms with Crippen molar-refractivity contribution in [3.63, 3.8) is 0 Å². The predicted octanol–water partition coefficient (Wildman–Crippen LogP) is 2.52. The average Bonchev–Trinajstić information content (AvgIpc) is 3.12. The second kappa shape index (κ2) is 4.22. The molecule has 90 valence electrons. The molecule has 0 atom stereocenters. The Morgan fingerprint density at radius 2 is 2.29 bits per heavy atom. The van der Waals surface area contributed by atoms with Crippen molar-refractivity contribution in [1.29, 1.82) is 0 Å². The van der Waals surface area contributed by atoms with Gasteiger partial charge in [-0.05, 0) is 31.0 Å². The molecule has 1 N–H and O–H groups in total. The van der Waals surface area contributed by atoms with E-state index in [1.165, 1.54) is 0 Å². The number of nitrogens with one attached hydrogen (secondary N) is 1. The number of anilines is 1. The smallest absolute Gasteiger partial charge is 0.322 e. The van der Waals surface area contributed by atoms with Gasteiger partial charge in [0.2, 0.25) is 0 Å². The van der Waals surface area contributed by atoms with Gasteiger partial charge in [-0.2, -0.15) is 0 Å². The van der Waals surface area contributed by atoms with Gasteiger partial charge in [-0.15, -0.1) is 0 Å². The molecule has 2 amide bonds. The van der Waals surface area contributed by atoms with Crippen LogP contribution in [0, 0.1) is 0 Å². The summed E-state index contributed by atoms with van der Waals surface area (Å²) in [5.41, 5.74) is 0.837. The maximum Gasteiger partial charge on any atom is 0.322 e. The molecular formula is C12H13BrN2O2. The number of halogens is 1. The summed E-state index contributed by atoms with van der Waals surface area (Å²) in [6, 6.07) is 6.08. The van der Waals surface area contributed by atoms with Crippen LogP contribution < -0.4 is 15.0 Å². The van der Waals surface area contributed by atoms with Crippen molar-refractivity contribution in [1.82, 2.24) is 5.32 Å². The Kier molecular flexibility index (Phi) is 2.70. The van der Waals surface area contributed by atoms with E-state index in [0.29, 0.717) is 19.2 Å². The van der Waals surface area contributed by atoms with Gasteiger partial charge in [0.15, 0.2) is 0 Å². The molecule has 4 nitrogen and oxygen atoms in total. The van der Waals surface area contributed by atoms with Gasteiger partial charge in [-0.3, -0.25) is 4.90 Å². The van der Waals surface area contributed by atoms with Gasteiger partial charge in [-0.25, -0.2) is 4.79 Å². The highest BCUT2D eigenvalue weighted by Gasteiger charge is 2.29. The van der Waals surface area contributed by atoms with Crippen molar-refractivity contribution >= 4 is 27.6 Å². The summed E-state index contributed by atoms with van der Waals surface area (Å²) in [7, 11) is 0. The van der Waals surface area contributed by atoms with Crippen LogP contribution in [0.2, 0.25) is 0 Å². The van der Waals surface area contributed by atoms with Crippen LogP contribution in [0.15, 0.2) is 22.7 Å². The Labute approximate surface area is 108 Å². The Hall–Kier alpha value is -1.23. The number of benzene rings is 1. The maximum atomic E-state index is 12.1. The number of hydrogen-bond acceptors (Lipinski definition) is 2. The zero-order valence-electron chi connectivity index (χ0n) is 9.28. The van der Waals surface area contributed by atoms with Gasteiger partial charge in [0.25, 0.3) is 0 Å². The van der Waals surface area contributed by atoms with Crippen molar-refractivity contribution < 1.29 is 9.53 Å². The Balaban J connectivity index is 1.86. The second-order valence-electron chi connectivity index (χ2n) is 4.34. The SMILES string of the molecule is O=C(NC1CC1)N1CCOc2ccc(Br)cc21. The normalized spacial score (nSPS) is 18.3. The molecule has 17 heavy (non-hydrogen) atoms. The predicted molar refractivity (Wildman–Crippen MR) is 68.5 cm³/mol. The fraction of sp³-hybridized carbons (Fsp3) is 0.417. The molecule has 1 fully saturated rings. The Morgan fingerprint density at radius 3 is 3.06 bits per heavy atom. The summed E-state index contributed by atoms with van der Waals surface area (Å²) in [4.78, 5) is 13.8. The van der Waals surface area contributed by atoms with Crippen molar-refractivity contribution in [3.8, 4) is 5.75 Å². The van der Waals surface area contributed by atoms with E-state index in [-0.39, 0.29) is 6.03 Å². The highest BCUT2D eigenvalue weighted by atomic mass is 79.9. The van der Waals surface area contributed by atoms with Crippen molar-refractivity contribution in [3.05, 3.63) is 22.7 Å². The Morgan fingerprint density at radius 1 is 1.47 bits per heavy atom. The first-order chi connectivity index (χ1) is 8.24. The molecule has 0 unspecified atom stereocenters. The zero-order chi connectivity index (χ0) is 11.8. The number of carbonyl (C=O) groups is 1. The summed E-state index contributed by atoms with van der Waals surface area (Å²) in [6.45, 7) is 1.15. The lowest BCUT2D eigenvalue weighted by molar-refractivity contribution is 0.239. The molecule has 1 saturated carbocycles. The second-order valence-corrected chi connectivity index (χ2v) is 5.25. The fourth-order valence-corrected chi connectivity index (χ4v) is 2.23. The molecule has 0 radical (unpaired) electrons. The van der Waals surface area contributed by atoms with E-state index in [4.69, 9.17) is 4.74 Å². The summed E-state index contributed by atoms with van der Waals surface area (Å²) in [5.74, 6) is 0.769. The lowest BCUT2D eigenvalue weighted by Crippen LogP contribution is -2.45. The number of hydrogen-bond donors (Lipinski definition) is 1. The summed E-state index contributed by atoms with van der Waals surface area (Å²) < 4.78 is 6.49. The summed E-state index contributed by atoms with van der Waals surface area (Å²) in [5, 5.41) is 3.00. The number of fused-ring (bicyclic) bond motifs is 1. The third-order valence-electron chi connectivity index (χ3n) is 2.93. The molecule has 1 heterocycles. The third-order valence-corrected chi connectivity index (χ3v) is 3.43. The standard InChI is InChI=1S/C12H13BrN2O2/c13-8-1-4-11-10(7-8)15(5-6-17-11)12(16)14-9-2-3-9/h1,4,7,9H,2-3,5-6H2,(H,14,16). The van der Waals surface area contributed by atoms with E-state index in [9.17, 15) is 4.79 Å². The van der Waals surface area contributed by atoms with Gasteiger partial charge >= 0.3 is 6.03 Å². The van der Waals surface area contributed by atoms with Crippen LogP contribution in [0.1, 0.15) is 12.8 Å². The van der Waals surface area contributed by atoms with Crippen molar-refractivity contribution in [2.75, 3.05) is 18.1 Å². The molecule has 1 aromatic carbocycles. The highest BCUT2D eigenvalue weighted by Crippen LogP contribution is 2.34. The molecule has 0 saturated heterocycles. The first-order valence-corrected chi connectivity index (χ1v) is 6.54. The number of amides is 2. The van der Waals surface area contributed by atoms with Crippen LogP contribution in [0.25, 0.3) is 0 Å². The first-order valence-electron chi connectivity index (χ1n) is 5.74. The van der Waals surface area contributed by atoms with Crippen LogP contribution >= 0.6 is 15.9 Å². The average molecular weight is 297 g/mol. The van der Waals surface area contributed by atoms with Crippen molar-refractivity contribution in [2.24, 2.45) is 0 Å². The molecule has 1 aliphatic heterocycles. The molecule has 1 aliphatic carbocycles. The molecule has 0 bridgehead atoms. The van der Waals surface area contributed by atoms with Gasteiger partial charge in [0, 0.05) is 10.5 Å². The fourth-order valence-electron chi connectivity index (χ4n) is 1.88. The van der Waals surface area contributed by atoms with Crippen LogP contribution in [-0.4, -0.2) is 25.2 Å². The summed E-state index contributed by atoms with van der Waals surface area (Å²) in [6.07, 6.45) is 2.20. The number of nitrogens with zero attached hydrogens (tertiary/aromatic N) is 1. The number of rotatable bonds is 1. The highest BCUT2D eigenvalue weighted by molar-refractivity contribution is 9.10. The third kappa shape index (κ3) is 2.24. The quantitative estimate of drug-likeness (QED) is 0.865. The van der Waals surface area contributed by atoms with E-state index < -0.39 is 0 Å². The minimum absolute atomic E-state index is 0.0184. The number of urea groups is 1. The van der Waals surface area contributed by atoms with E-state index in [1.54, 1.807) is 4.90 Å². The van der Waals surface area contributed by atoms with Gasteiger partial charge in [-0.1, -0.05) is 15.9 Å². The van der Waals surface area contributed by atoms with Gasteiger partial charge in [0.05, 0.1) is 12.2 Å². The minimum atomic E-state index is -0.0184. The molecule has 0 spiro atoms. The van der Waals surface area contributed by atoms with E-state index in [1.807, 2.05) is 18.2 Å². The number of ether oxygens (including phenoxy) is 1. The molecule has 5 heteroatoms. The largest absolute Gasteiger partial charge is 0.490 e. The van der Waals surface area contributed by atoms with Crippen LogP contribution in [0.4, 0.5) is 10.5 Å². The van der Waals surface area contributed by atoms with Crippen molar-refractivity contribution in [2.45, 2.75) is 18.9 Å². The van der Waals surface area contributed by atoms with E-state index >= 15 is 0 Å². The Bertz CT molecular complexity index is 460. The lowest BCUT2D eigenvalue weighted by Gasteiger charge is -2.29. The first kappa shape index (κ1) is 10.9. The van der Waals surface area contributed by atoms with E-state index in [0.717, 1.165) is 28.8 Å². The van der Waals surface area contributed by atoms with Crippen LogP contribution in [-0.2, 0) is 0 Å². The van der Waals surface area contributed by atoms with E-state index in [2.05, 4.69) is 21.2 Å². The maximum absolute atomic E-state index is 12.1. The lowest BCUT2D eigenvalue weighted by atomic mass is 10.2. The van der Waals surface area contributed by atoms with Crippen LogP contribution in [0.5, 0.6) is 5.75 Å². The molecule has 0 aromatic heterocycles. The summed E-state index contributed by atoms with van der Waals surface area (Å²) >= 11 is 3.42.